The molecule has 2 fully saturated rings. The van der Waals surface area contributed by atoms with Crippen LogP contribution in [0.2, 0.25) is 0 Å². The van der Waals surface area contributed by atoms with Crippen LogP contribution in [0.3, 0.4) is 0 Å². The zero-order chi connectivity index (χ0) is 13.5. The van der Waals surface area contributed by atoms with Crippen LogP contribution in [-0.4, -0.2) is 36.5 Å². The van der Waals surface area contributed by atoms with E-state index in [9.17, 15) is 4.79 Å². The summed E-state index contributed by atoms with van der Waals surface area (Å²) in [6, 6.07) is 6.59. The Hall–Kier alpha value is -1.35. The van der Waals surface area contributed by atoms with Crippen molar-refractivity contribution in [3.8, 4) is 0 Å². The predicted octanol–water partition coefficient (Wildman–Crippen LogP) is 2.00. The van der Waals surface area contributed by atoms with Gasteiger partial charge in [0.05, 0.1) is 0 Å². The summed E-state index contributed by atoms with van der Waals surface area (Å²) in [5, 5.41) is 3.25. The highest BCUT2D eigenvalue weighted by Gasteiger charge is 2.33. The van der Waals surface area contributed by atoms with E-state index < -0.39 is 0 Å². The maximum Gasteiger partial charge on any atom is 0.251 e. The lowest BCUT2D eigenvalue weighted by Crippen LogP contribution is -2.47. The summed E-state index contributed by atoms with van der Waals surface area (Å²) in [4.78, 5) is 14.9. The van der Waals surface area contributed by atoms with Gasteiger partial charge in [-0.3, -0.25) is 4.79 Å². The first kappa shape index (κ1) is 12.4. The van der Waals surface area contributed by atoms with Crippen molar-refractivity contribution in [1.82, 2.24) is 10.2 Å². The Kier molecular flexibility index (Phi) is 3.03. The summed E-state index contributed by atoms with van der Waals surface area (Å²) >= 11 is 0. The van der Waals surface area contributed by atoms with Gasteiger partial charge in [-0.25, -0.2) is 0 Å². The molecule has 1 aromatic rings. The normalized spacial score (nSPS) is 31.1. The quantitative estimate of drug-likeness (QED) is 0.891. The van der Waals surface area contributed by atoms with E-state index in [1.807, 2.05) is 6.07 Å². The molecule has 3 unspecified atom stereocenters. The first-order valence-corrected chi connectivity index (χ1v) is 7.93. The summed E-state index contributed by atoms with van der Waals surface area (Å²) in [7, 11) is 0. The summed E-state index contributed by atoms with van der Waals surface area (Å²) in [6.07, 6.45) is 6.02. The third kappa shape index (κ3) is 2.24. The number of carbonyl (C=O) groups excluding carboxylic acids is 1. The van der Waals surface area contributed by atoms with Gasteiger partial charge in [0, 0.05) is 24.7 Å². The molecule has 0 saturated carbocycles. The van der Waals surface area contributed by atoms with Crippen molar-refractivity contribution in [3.63, 3.8) is 0 Å². The van der Waals surface area contributed by atoms with Crippen LogP contribution in [0.25, 0.3) is 0 Å². The molecule has 2 aliphatic heterocycles. The fraction of sp³-hybridized carbons (Fsp3) is 0.588. The average molecular weight is 270 g/mol. The van der Waals surface area contributed by atoms with Gasteiger partial charge in [-0.2, -0.15) is 0 Å². The van der Waals surface area contributed by atoms with Gasteiger partial charge < -0.3 is 10.2 Å². The molecular formula is C17H22N2O. The van der Waals surface area contributed by atoms with Gasteiger partial charge in [0.15, 0.2) is 0 Å². The van der Waals surface area contributed by atoms with Crippen molar-refractivity contribution < 1.29 is 4.79 Å². The molecule has 1 amide bonds. The van der Waals surface area contributed by atoms with Crippen molar-refractivity contribution in [2.24, 2.45) is 5.92 Å². The van der Waals surface area contributed by atoms with Crippen LogP contribution in [0.1, 0.15) is 40.7 Å². The molecule has 3 aliphatic rings. The number of nitrogens with zero attached hydrogens (tertiary/aromatic N) is 1. The van der Waals surface area contributed by atoms with Crippen molar-refractivity contribution in [3.05, 3.63) is 34.9 Å². The summed E-state index contributed by atoms with van der Waals surface area (Å²) in [6.45, 7) is 3.49. The van der Waals surface area contributed by atoms with Gasteiger partial charge in [0.1, 0.15) is 0 Å². The summed E-state index contributed by atoms with van der Waals surface area (Å²) in [5.74, 6) is 0.918. The van der Waals surface area contributed by atoms with Crippen molar-refractivity contribution in [1.29, 1.82) is 0 Å². The average Bonchev–Trinajstić information content (AvgIpc) is 3.04. The van der Waals surface area contributed by atoms with E-state index in [-0.39, 0.29) is 5.91 Å². The predicted molar refractivity (Wildman–Crippen MR) is 78.9 cm³/mol. The van der Waals surface area contributed by atoms with Gasteiger partial charge in [-0.05, 0) is 67.8 Å². The number of benzene rings is 1. The summed E-state index contributed by atoms with van der Waals surface area (Å²) < 4.78 is 0. The van der Waals surface area contributed by atoms with Crippen molar-refractivity contribution in [2.45, 2.75) is 38.1 Å². The van der Waals surface area contributed by atoms with Crippen LogP contribution in [-0.2, 0) is 12.8 Å². The third-order valence-corrected chi connectivity index (χ3v) is 5.16. The minimum atomic E-state index is 0.118. The minimum absolute atomic E-state index is 0.118. The second kappa shape index (κ2) is 4.88. The number of hydrogen-bond acceptors (Lipinski definition) is 2. The molecule has 1 N–H and O–H groups in total. The Balaban J connectivity index is 1.45. The largest absolute Gasteiger partial charge is 0.348 e. The number of carbonyl (C=O) groups is 1. The van der Waals surface area contributed by atoms with E-state index in [2.05, 4.69) is 22.3 Å². The highest BCUT2D eigenvalue weighted by atomic mass is 16.1. The molecule has 2 saturated heterocycles. The van der Waals surface area contributed by atoms with E-state index in [1.165, 1.54) is 43.5 Å². The highest BCUT2D eigenvalue weighted by Crippen LogP contribution is 2.27. The van der Waals surface area contributed by atoms with E-state index in [0.29, 0.717) is 6.04 Å². The number of hydrogen-bond donors (Lipinski definition) is 1. The topological polar surface area (TPSA) is 32.3 Å². The van der Waals surface area contributed by atoms with E-state index in [4.69, 9.17) is 0 Å². The first-order chi connectivity index (χ1) is 9.78. The lowest BCUT2D eigenvalue weighted by Gasteiger charge is -2.30. The third-order valence-electron chi connectivity index (χ3n) is 5.16. The Bertz CT molecular complexity index is 528. The molecular weight excluding hydrogens is 248 g/mol. The Morgan fingerprint density at radius 2 is 2.10 bits per heavy atom. The van der Waals surface area contributed by atoms with Crippen LogP contribution < -0.4 is 5.32 Å². The Labute approximate surface area is 120 Å². The zero-order valence-corrected chi connectivity index (χ0v) is 11.9. The molecule has 2 bridgehead atoms. The number of aryl methyl sites for hydroxylation is 2. The second-order valence-electron chi connectivity index (χ2n) is 6.66. The van der Waals surface area contributed by atoms with Crippen molar-refractivity contribution >= 4 is 5.91 Å². The molecule has 2 heterocycles. The molecule has 0 radical (unpaired) electrons. The Morgan fingerprint density at radius 3 is 3.00 bits per heavy atom. The molecule has 3 heteroatoms. The first-order valence-electron chi connectivity index (χ1n) is 7.93. The van der Waals surface area contributed by atoms with Gasteiger partial charge >= 0.3 is 0 Å². The number of amides is 1. The molecule has 1 aromatic carbocycles. The molecule has 3 atom stereocenters. The number of nitrogens with one attached hydrogen (secondary N) is 1. The lowest BCUT2D eigenvalue weighted by molar-refractivity contribution is 0.0909. The second-order valence-corrected chi connectivity index (χ2v) is 6.66. The highest BCUT2D eigenvalue weighted by molar-refractivity contribution is 5.94. The Morgan fingerprint density at radius 1 is 1.20 bits per heavy atom. The molecule has 20 heavy (non-hydrogen) atoms. The monoisotopic (exact) mass is 270 g/mol. The van der Waals surface area contributed by atoms with E-state index in [0.717, 1.165) is 30.9 Å². The maximum atomic E-state index is 12.4. The molecule has 3 nitrogen and oxygen atoms in total. The maximum absolute atomic E-state index is 12.4. The van der Waals surface area contributed by atoms with Crippen LogP contribution >= 0.6 is 0 Å². The van der Waals surface area contributed by atoms with Crippen LogP contribution in [0.4, 0.5) is 0 Å². The van der Waals surface area contributed by atoms with Crippen LogP contribution in [0.15, 0.2) is 18.2 Å². The van der Waals surface area contributed by atoms with Gasteiger partial charge in [-0.1, -0.05) is 6.07 Å². The van der Waals surface area contributed by atoms with Crippen LogP contribution in [0, 0.1) is 5.92 Å². The van der Waals surface area contributed by atoms with Gasteiger partial charge in [-0.15, -0.1) is 0 Å². The molecule has 1 aliphatic carbocycles. The molecule has 0 spiro atoms. The van der Waals surface area contributed by atoms with Crippen LogP contribution in [0.5, 0.6) is 0 Å². The standard InChI is InChI=1S/C17H22N2O/c20-17(15-5-4-13-2-1-3-14(13)9-15)18-16-8-12-6-7-19(10-12)11-16/h4-5,9,12,16H,1-3,6-8,10-11H2,(H,18,20). The van der Waals surface area contributed by atoms with E-state index in [1.54, 1.807) is 0 Å². The zero-order valence-electron chi connectivity index (χ0n) is 11.9. The number of piperidine rings is 1. The fourth-order valence-corrected chi connectivity index (χ4v) is 4.15. The molecule has 4 rings (SSSR count). The van der Waals surface area contributed by atoms with Crippen molar-refractivity contribution in [2.75, 3.05) is 19.6 Å². The van der Waals surface area contributed by atoms with E-state index >= 15 is 0 Å². The number of rotatable bonds is 2. The fourth-order valence-electron chi connectivity index (χ4n) is 4.15. The SMILES string of the molecule is O=C(NC1CC2CCN(C2)C1)c1ccc2c(c1)CCC2. The van der Waals surface area contributed by atoms with Gasteiger partial charge in [0.2, 0.25) is 0 Å². The minimum Gasteiger partial charge on any atom is -0.348 e. The smallest absolute Gasteiger partial charge is 0.251 e. The molecule has 106 valence electrons. The lowest BCUT2D eigenvalue weighted by atomic mass is 9.96. The van der Waals surface area contributed by atoms with Gasteiger partial charge in [0.25, 0.3) is 5.91 Å². The summed E-state index contributed by atoms with van der Waals surface area (Å²) in [5.41, 5.74) is 3.66. The number of fused-ring (bicyclic) bond motifs is 3. The molecule has 0 aromatic heterocycles.